The van der Waals surface area contributed by atoms with E-state index in [2.05, 4.69) is 17.6 Å². The van der Waals surface area contributed by atoms with Gasteiger partial charge in [-0.1, -0.05) is 18.2 Å². The Bertz CT molecular complexity index is 438. The summed E-state index contributed by atoms with van der Waals surface area (Å²) in [5.74, 6) is -0.286. The maximum absolute atomic E-state index is 13.5. The molecule has 1 fully saturated rings. The van der Waals surface area contributed by atoms with Crippen molar-refractivity contribution >= 4 is 5.78 Å². The molecule has 0 N–H and O–H groups in total. The van der Waals surface area contributed by atoms with Crippen LogP contribution in [0.4, 0.5) is 4.39 Å². The van der Waals surface area contributed by atoms with E-state index in [1.165, 1.54) is 11.6 Å². The van der Waals surface area contributed by atoms with Crippen molar-refractivity contribution in [3.05, 3.63) is 24.0 Å². The molecule has 0 aromatic rings. The van der Waals surface area contributed by atoms with Crippen LogP contribution in [0.2, 0.25) is 0 Å². The first-order valence-corrected chi connectivity index (χ1v) is 5.48. The minimum Gasteiger partial charge on any atom is -0.352 e. The van der Waals surface area contributed by atoms with E-state index in [1.807, 2.05) is 6.92 Å². The quantitative estimate of drug-likeness (QED) is 0.537. The lowest BCUT2D eigenvalue weighted by atomic mass is 10.1. The summed E-state index contributed by atoms with van der Waals surface area (Å²) in [6, 6.07) is 1.39. The molecule has 4 nitrogen and oxygen atoms in total. The molecule has 0 spiro atoms. The average Bonchev–Trinajstić information content (AvgIpc) is 2.52. The molecule has 2 heterocycles. The van der Waals surface area contributed by atoms with E-state index in [4.69, 9.17) is 5.26 Å². The van der Waals surface area contributed by atoms with E-state index < -0.39 is 12.0 Å². The number of nitriles is 1. The highest BCUT2D eigenvalue weighted by molar-refractivity contribution is 5.97. The van der Waals surface area contributed by atoms with Crippen molar-refractivity contribution in [3.8, 4) is 6.07 Å². The highest BCUT2D eigenvalue weighted by atomic mass is 19.1. The van der Waals surface area contributed by atoms with Crippen LogP contribution in [0.15, 0.2) is 24.0 Å². The summed E-state index contributed by atoms with van der Waals surface area (Å²) in [5.41, 5.74) is 1.21. The number of hydrogen-bond donors (Lipinski definition) is 0. The number of alkyl halides is 1. The molecule has 2 rings (SSSR count). The Morgan fingerprint density at radius 3 is 3.18 bits per heavy atom. The first-order chi connectivity index (χ1) is 8.02. The first kappa shape index (κ1) is 11.6. The van der Waals surface area contributed by atoms with Crippen LogP contribution in [0.3, 0.4) is 0 Å². The first-order valence-electron chi connectivity index (χ1n) is 5.48. The molecule has 2 aliphatic heterocycles. The molecular formula is C12H14FN3O. The molecular weight excluding hydrogens is 221 g/mol. The Labute approximate surface area is 99.6 Å². The van der Waals surface area contributed by atoms with Crippen LogP contribution in [-0.2, 0) is 4.79 Å². The van der Waals surface area contributed by atoms with Gasteiger partial charge in [-0.3, -0.25) is 4.79 Å². The smallest absolute Gasteiger partial charge is 0.267 e. The Morgan fingerprint density at radius 2 is 2.53 bits per heavy atom. The summed E-state index contributed by atoms with van der Waals surface area (Å²) in [6.07, 6.45) is 0.309. The van der Waals surface area contributed by atoms with Gasteiger partial charge in [0.15, 0.2) is 6.17 Å². The van der Waals surface area contributed by atoms with Gasteiger partial charge < -0.3 is 9.80 Å². The number of fused-ring (bicyclic) bond motifs is 2. The molecule has 0 aliphatic carbocycles. The number of carbonyl (C=O) groups is 1. The third-order valence-corrected chi connectivity index (χ3v) is 3.17. The molecule has 0 amide bonds. The lowest BCUT2D eigenvalue weighted by molar-refractivity contribution is -0.118. The fourth-order valence-corrected chi connectivity index (χ4v) is 2.35. The van der Waals surface area contributed by atoms with Crippen LogP contribution in [-0.4, -0.2) is 47.4 Å². The topological polar surface area (TPSA) is 47.3 Å². The number of ketones is 1. The van der Waals surface area contributed by atoms with Crippen molar-refractivity contribution in [2.24, 2.45) is 0 Å². The van der Waals surface area contributed by atoms with E-state index in [0.29, 0.717) is 0 Å². The van der Waals surface area contributed by atoms with Crippen LogP contribution in [0.1, 0.15) is 6.92 Å². The normalized spacial score (nSPS) is 24.4. The van der Waals surface area contributed by atoms with Gasteiger partial charge in [-0.2, -0.15) is 5.26 Å². The number of halogens is 1. The van der Waals surface area contributed by atoms with Gasteiger partial charge in [0.25, 0.3) is 5.78 Å². The molecule has 1 saturated heterocycles. The SMILES string of the molecule is C=C1N2CC(C)=CC(C2)N1CC(F)C(=O)C#N. The second kappa shape index (κ2) is 4.21. The number of rotatable bonds is 3. The van der Waals surface area contributed by atoms with Gasteiger partial charge in [0.1, 0.15) is 6.07 Å². The third kappa shape index (κ3) is 2.03. The van der Waals surface area contributed by atoms with Crippen molar-refractivity contribution in [1.82, 2.24) is 9.80 Å². The zero-order valence-electron chi connectivity index (χ0n) is 9.69. The number of Topliss-reactive ketones (excluding diaryl/α,β-unsaturated/α-hetero) is 1. The zero-order chi connectivity index (χ0) is 12.6. The van der Waals surface area contributed by atoms with Crippen molar-refractivity contribution < 1.29 is 9.18 Å². The molecule has 17 heavy (non-hydrogen) atoms. The largest absolute Gasteiger partial charge is 0.352 e. The fraction of sp³-hybridized carbons (Fsp3) is 0.500. The second-order valence-corrected chi connectivity index (χ2v) is 4.47. The van der Waals surface area contributed by atoms with Gasteiger partial charge in [0, 0.05) is 13.1 Å². The second-order valence-electron chi connectivity index (χ2n) is 4.47. The van der Waals surface area contributed by atoms with Crippen molar-refractivity contribution in [2.45, 2.75) is 19.1 Å². The lowest BCUT2D eigenvalue weighted by Crippen LogP contribution is -2.36. The molecule has 2 unspecified atom stereocenters. The van der Waals surface area contributed by atoms with Gasteiger partial charge >= 0.3 is 0 Å². The molecule has 2 aliphatic rings. The van der Waals surface area contributed by atoms with Crippen LogP contribution in [0.5, 0.6) is 0 Å². The van der Waals surface area contributed by atoms with Crippen LogP contribution in [0, 0.1) is 11.3 Å². The van der Waals surface area contributed by atoms with Gasteiger partial charge in [-0.25, -0.2) is 4.39 Å². The molecule has 2 atom stereocenters. The molecule has 0 aromatic heterocycles. The predicted molar refractivity (Wildman–Crippen MR) is 60.5 cm³/mol. The van der Waals surface area contributed by atoms with Crippen molar-refractivity contribution in [3.63, 3.8) is 0 Å². The van der Waals surface area contributed by atoms with E-state index in [1.54, 1.807) is 4.90 Å². The predicted octanol–water partition coefficient (Wildman–Crippen LogP) is 0.834. The fourth-order valence-electron chi connectivity index (χ4n) is 2.35. The van der Waals surface area contributed by atoms with E-state index in [-0.39, 0.29) is 12.6 Å². The summed E-state index contributed by atoms with van der Waals surface area (Å²) in [7, 11) is 0. The zero-order valence-corrected chi connectivity index (χ0v) is 9.69. The molecule has 5 heteroatoms. The van der Waals surface area contributed by atoms with E-state index in [9.17, 15) is 9.18 Å². The number of carbonyl (C=O) groups excluding carboxylic acids is 1. The summed E-state index contributed by atoms with van der Waals surface area (Å²) in [5, 5.41) is 8.37. The van der Waals surface area contributed by atoms with Crippen LogP contribution in [0.25, 0.3) is 0 Å². The van der Waals surface area contributed by atoms with Crippen LogP contribution >= 0.6 is 0 Å². The minimum absolute atomic E-state index is 0.0704. The summed E-state index contributed by atoms with van der Waals surface area (Å²) in [4.78, 5) is 14.8. The van der Waals surface area contributed by atoms with Crippen molar-refractivity contribution in [2.75, 3.05) is 19.6 Å². The van der Waals surface area contributed by atoms with E-state index >= 15 is 0 Å². The molecule has 0 radical (unpaired) electrons. The average molecular weight is 235 g/mol. The Balaban J connectivity index is 2.10. The maximum atomic E-state index is 13.5. The summed E-state index contributed by atoms with van der Waals surface area (Å²) >= 11 is 0. The van der Waals surface area contributed by atoms with Gasteiger partial charge in [-0.05, 0) is 6.92 Å². The highest BCUT2D eigenvalue weighted by Gasteiger charge is 2.36. The van der Waals surface area contributed by atoms with Gasteiger partial charge in [-0.15, -0.1) is 0 Å². The van der Waals surface area contributed by atoms with Crippen molar-refractivity contribution in [1.29, 1.82) is 5.26 Å². The lowest BCUT2D eigenvalue weighted by Gasteiger charge is -2.24. The van der Waals surface area contributed by atoms with E-state index in [0.717, 1.165) is 18.9 Å². The monoisotopic (exact) mass is 235 g/mol. The Hall–Kier alpha value is -1.83. The molecule has 0 aromatic carbocycles. The number of hydrogen-bond acceptors (Lipinski definition) is 4. The minimum atomic E-state index is -1.76. The summed E-state index contributed by atoms with van der Waals surface area (Å²) in [6.45, 7) is 7.42. The standard InChI is InChI=1S/C12H14FN3O/c1-8-3-10-6-15(5-8)9(2)16(10)7-11(13)12(17)4-14/h3,10-11H,2,5-7H2,1H3. The van der Waals surface area contributed by atoms with Crippen LogP contribution < -0.4 is 0 Å². The number of nitrogens with zero attached hydrogens (tertiary/aromatic N) is 3. The summed E-state index contributed by atoms with van der Waals surface area (Å²) < 4.78 is 13.5. The van der Waals surface area contributed by atoms with Gasteiger partial charge in [0.05, 0.1) is 18.4 Å². The van der Waals surface area contributed by atoms with Gasteiger partial charge in [0.2, 0.25) is 0 Å². The third-order valence-electron chi connectivity index (χ3n) is 3.17. The Morgan fingerprint density at radius 1 is 1.82 bits per heavy atom. The highest BCUT2D eigenvalue weighted by Crippen LogP contribution is 2.29. The molecule has 0 saturated carbocycles. The molecule has 90 valence electrons. The molecule has 2 bridgehead atoms. The Kier molecular flexibility index (Phi) is 2.88. The maximum Gasteiger partial charge on any atom is 0.267 e.